The number of benzene rings is 2. The molecule has 6 nitrogen and oxygen atoms in total. The molecule has 1 saturated heterocycles. The van der Waals surface area contributed by atoms with Crippen LogP contribution in [0.5, 0.6) is 17.2 Å². The Morgan fingerprint density at radius 1 is 1.11 bits per heavy atom. The molecular weight excluding hydrogens is 358 g/mol. The van der Waals surface area contributed by atoms with Gasteiger partial charge in [0.25, 0.3) is 0 Å². The van der Waals surface area contributed by atoms with Gasteiger partial charge < -0.3 is 18.9 Å². The van der Waals surface area contributed by atoms with E-state index in [-0.39, 0.29) is 5.78 Å². The second kappa shape index (κ2) is 8.46. The fourth-order valence-corrected chi connectivity index (χ4v) is 3.26. The van der Waals surface area contributed by atoms with Crippen LogP contribution < -0.4 is 14.2 Å². The molecule has 0 atom stereocenters. The highest BCUT2D eigenvalue weighted by Crippen LogP contribution is 2.35. The van der Waals surface area contributed by atoms with Gasteiger partial charge in [0.2, 0.25) is 5.78 Å². The van der Waals surface area contributed by atoms with Crippen LogP contribution >= 0.6 is 0 Å². The Morgan fingerprint density at radius 2 is 1.96 bits per heavy atom. The third kappa shape index (κ3) is 4.18. The van der Waals surface area contributed by atoms with Crippen LogP contribution in [0.4, 0.5) is 0 Å². The number of nitrogens with zero attached hydrogens (tertiary/aromatic N) is 1. The predicted octanol–water partition coefficient (Wildman–Crippen LogP) is 3.02. The van der Waals surface area contributed by atoms with Crippen molar-refractivity contribution in [2.45, 2.75) is 0 Å². The van der Waals surface area contributed by atoms with Gasteiger partial charge in [0.15, 0.2) is 5.76 Å². The van der Waals surface area contributed by atoms with Crippen molar-refractivity contribution in [3.63, 3.8) is 0 Å². The Labute approximate surface area is 164 Å². The quantitative estimate of drug-likeness (QED) is 0.717. The van der Waals surface area contributed by atoms with Crippen LogP contribution in [0.25, 0.3) is 6.08 Å². The van der Waals surface area contributed by atoms with Gasteiger partial charge in [0.1, 0.15) is 23.9 Å². The average Bonchev–Trinajstić information content (AvgIpc) is 3.04. The van der Waals surface area contributed by atoms with Crippen LogP contribution in [-0.4, -0.2) is 57.2 Å². The lowest BCUT2D eigenvalue weighted by Crippen LogP contribution is -2.38. The highest BCUT2D eigenvalue weighted by molar-refractivity contribution is 6.14. The second-order valence-electron chi connectivity index (χ2n) is 6.68. The molecule has 2 aliphatic heterocycles. The summed E-state index contributed by atoms with van der Waals surface area (Å²) in [5.41, 5.74) is 1.40. The van der Waals surface area contributed by atoms with Crippen LogP contribution in [0.3, 0.4) is 0 Å². The maximum atomic E-state index is 12.6. The second-order valence-corrected chi connectivity index (χ2v) is 6.68. The molecule has 0 amide bonds. The number of fused-ring (bicyclic) bond motifs is 1. The lowest BCUT2D eigenvalue weighted by Gasteiger charge is -2.26. The summed E-state index contributed by atoms with van der Waals surface area (Å²) in [5.74, 6) is 2.13. The predicted molar refractivity (Wildman–Crippen MR) is 105 cm³/mol. The molecule has 0 aromatic heterocycles. The number of hydrogen-bond acceptors (Lipinski definition) is 6. The van der Waals surface area contributed by atoms with Crippen molar-refractivity contribution in [1.82, 2.24) is 4.90 Å². The van der Waals surface area contributed by atoms with E-state index in [1.54, 1.807) is 25.3 Å². The van der Waals surface area contributed by atoms with Crippen molar-refractivity contribution in [2.75, 3.05) is 46.6 Å². The molecule has 0 aliphatic carbocycles. The monoisotopic (exact) mass is 381 g/mol. The summed E-state index contributed by atoms with van der Waals surface area (Å²) in [6.45, 7) is 4.85. The van der Waals surface area contributed by atoms with E-state index in [4.69, 9.17) is 18.9 Å². The molecule has 2 heterocycles. The zero-order chi connectivity index (χ0) is 19.3. The van der Waals surface area contributed by atoms with E-state index in [1.807, 2.05) is 30.3 Å². The van der Waals surface area contributed by atoms with Crippen molar-refractivity contribution in [3.8, 4) is 17.2 Å². The van der Waals surface area contributed by atoms with E-state index in [9.17, 15) is 4.79 Å². The van der Waals surface area contributed by atoms with E-state index in [0.717, 1.165) is 44.2 Å². The highest BCUT2D eigenvalue weighted by atomic mass is 16.5. The summed E-state index contributed by atoms with van der Waals surface area (Å²) >= 11 is 0. The molecule has 2 aliphatic rings. The highest BCUT2D eigenvalue weighted by Gasteiger charge is 2.27. The van der Waals surface area contributed by atoms with Crippen molar-refractivity contribution in [1.29, 1.82) is 0 Å². The SMILES string of the molecule is COc1cccc(/C=C2\Oc3cc(OCCN4CCOCC4)ccc3C2=O)c1. The van der Waals surface area contributed by atoms with Gasteiger partial charge in [0, 0.05) is 25.7 Å². The Bertz CT molecular complexity index is 886. The fraction of sp³-hybridized carbons (Fsp3) is 0.318. The van der Waals surface area contributed by atoms with E-state index in [2.05, 4.69) is 4.90 Å². The number of carbonyl (C=O) groups is 1. The van der Waals surface area contributed by atoms with Gasteiger partial charge >= 0.3 is 0 Å². The molecule has 28 heavy (non-hydrogen) atoms. The number of hydrogen-bond donors (Lipinski definition) is 0. The molecule has 0 spiro atoms. The van der Waals surface area contributed by atoms with Crippen LogP contribution in [-0.2, 0) is 4.74 Å². The third-order valence-electron chi connectivity index (χ3n) is 4.81. The number of ketones is 1. The number of ether oxygens (including phenoxy) is 4. The molecule has 146 valence electrons. The van der Waals surface area contributed by atoms with Gasteiger partial charge in [-0.2, -0.15) is 0 Å². The van der Waals surface area contributed by atoms with E-state index < -0.39 is 0 Å². The molecule has 4 rings (SSSR count). The molecule has 6 heteroatoms. The lowest BCUT2D eigenvalue weighted by molar-refractivity contribution is 0.0322. The first-order valence-electron chi connectivity index (χ1n) is 9.38. The molecule has 0 saturated carbocycles. The van der Waals surface area contributed by atoms with E-state index in [0.29, 0.717) is 29.4 Å². The molecule has 1 fully saturated rings. The smallest absolute Gasteiger partial charge is 0.231 e. The van der Waals surface area contributed by atoms with Crippen LogP contribution in [0.2, 0.25) is 0 Å². The summed E-state index contributed by atoms with van der Waals surface area (Å²) in [7, 11) is 1.61. The van der Waals surface area contributed by atoms with Gasteiger partial charge in [-0.15, -0.1) is 0 Å². The van der Waals surface area contributed by atoms with Gasteiger partial charge in [-0.25, -0.2) is 0 Å². The topological polar surface area (TPSA) is 57.2 Å². The zero-order valence-electron chi connectivity index (χ0n) is 15.8. The van der Waals surface area contributed by atoms with Crippen molar-refractivity contribution >= 4 is 11.9 Å². The molecule has 0 unspecified atom stereocenters. The first-order valence-corrected chi connectivity index (χ1v) is 9.38. The maximum Gasteiger partial charge on any atom is 0.231 e. The van der Waals surface area contributed by atoms with Crippen molar-refractivity contribution < 1.29 is 23.7 Å². The number of methoxy groups -OCH3 is 1. The summed E-state index contributed by atoms with van der Waals surface area (Å²) in [6, 6.07) is 12.8. The fourth-order valence-electron chi connectivity index (χ4n) is 3.26. The summed E-state index contributed by atoms with van der Waals surface area (Å²) < 4.78 is 22.2. The minimum absolute atomic E-state index is 0.127. The normalized spacial score (nSPS) is 18.0. The largest absolute Gasteiger partial charge is 0.497 e. The lowest BCUT2D eigenvalue weighted by atomic mass is 10.1. The standard InChI is InChI=1S/C22H23NO5/c1-25-17-4-2-3-16(13-17)14-21-22(24)19-6-5-18(15-20(19)28-21)27-12-9-23-7-10-26-11-8-23/h2-6,13-15H,7-12H2,1H3/b21-14-. The van der Waals surface area contributed by atoms with Gasteiger partial charge in [0.05, 0.1) is 25.9 Å². The van der Waals surface area contributed by atoms with Gasteiger partial charge in [-0.1, -0.05) is 12.1 Å². The van der Waals surface area contributed by atoms with Crippen LogP contribution in [0.15, 0.2) is 48.2 Å². The maximum absolute atomic E-state index is 12.6. The third-order valence-corrected chi connectivity index (χ3v) is 4.81. The van der Waals surface area contributed by atoms with Gasteiger partial charge in [-0.3, -0.25) is 9.69 Å². The minimum atomic E-state index is -0.127. The Balaban J connectivity index is 1.41. The molecule has 0 bridgehead atoms. The molecular formula is C22H23NO5. The van der Waals surface area contributed by atoms with Crippen LogP contribution in [0.1, 0.15) is 15.9 Å². The number of allylic oxidation sites excluding steroid dienone is 1. The summed E-state index contributed by atoms with van der Waals surface area (Å²) in [4.78, 5) is 14.9. The number of morpholine rings is 1. The van der Waals surface area contributed by atoms with E-state index in [1.165, 1.54) is 0 Å². The van der Waals surface area contributed by atoms with Crippen LogP contribution in [0, 0.1) is 0 Å². The molecule has 2 aromatic rings. The average molecular weight is 381 g/mol. The first-order chi connectivity index (χ1) is 13.7. The molecule has 0 radical (unpaired) electrons. The zero-order valence-corrected chi connectivity index (χ0v) is 15.8. The summed E-state index contributed by atoms with van der Waals surface area (Å²) in [5, 5.41) is 0. The summed E-state index contributed by atoms with van der Waals surface area (Å²) in [6.07, 6.45) is 1.73. The number of Topliss-reactive ketones (excluding diaryl/α,β-unsaturated/α-hetero) is 1. The van der Waals surface area contributed by atoms with E-state index >= 15 is 0 Å². The Kier molecular flexibility index (Phi) is 5.60. The molecule has 0 N–H and O–H groups in total. The minimum Gasteiger partial charge on any atom is -0.497 e. The van der Waals surface area contributed by atoms with Crippen molar-refractivity contribution in [3.05, 3.63) is 59.4 Å². The molecule has 2 aromatic carbocycles. The number of rotatable bonds is 6. The van der Waals surface area contributed by atoms with Crippen molar-refractivity contribution in [2.24, 2.45) is 0 Å². The number of carbonyl (C=O) groups excluding carboxylic acids is 1. The Hall–Kier alpha value is -2.83. The first kappa shape index (κ1) is 18.5. The Morgan fingerprint density at radius 3 is 2.79 bits per heavy atom. The van der Waals surface area contributed by atoms with Gasteiger partial charge in [-0.05, 0) is 35.9 Å².